The molecular weight excluding hydrogens is 641 g/mol. The molecule has 4 aromatic rings. The number of aromatic nitrogens is 2. The molecule has 2 aromatic carbocycles. The third kappa shape index (κ3) is 12.7. The van der Waals surface area contributed by atoms with Gasteiger partial charge in [0.1, 0.15) is 6.61 Å². The van der Waals surface area contributed by atoms with Gasteiger partial charge in [0.25, 0.3) is 0 Å². The first kappa shape index (κ1) is 37.0. The van der Waals surface area contributed by atoms with Crippen LogP contribution < -0.4 is 16.0 Å². The molecule has 0 bridgehead atoms. The summed E-state index contributed by atoms with van der Waals surface area (Å²) in [6.07, 6.45) is 4.39. The number of carbonyl (C=O) groups excluding carboxylic acids is 2. The van der Waals surface area contributed by atoms with Crippen LogP contribution in [0.4, 0.5) is 9.59 Å². The second kappa shape index (κ2) is 19.3. The van der Waals surface area contributed by atoms with Gasteiger partial charge in [0.05, 0.1) is 27.6 Å². The first-order valence-corrected chi connectivity index (χ1v) is 18.5. The van der Waals surface area contributed by atoms with Gasteiger partial charge in [-0.25, -0.2) is 14.6 Å². The molecule has 4 rings (SSSR count). The zero-order valence-electron chi connectivity index (χ0n) is 28.7. The molecule has 0 aliphatic carbocycles. The number of rotatable bonds is 18. The number of amides is 3. The van der Waals surface area contributed by atoms with Crippen molar-refractivity contribution in [2.24, 2.45) is 5.92 Å². The van der Waals surface area contributed by atoms with Gasteiger partial charge in [0, 0.05) is 49.2 Å². The molecule has 0 unspecified atom stereocenters. The van der Waals surface area contributed by atoms with E-state index in [4.69, 9.17) is 9.72 Å². The summed E-state index contributed by atoms with van der Waals surface area (Å²) < 4.78 is 5.52. The Labute approximate surface area is 293 Å². The molecule has 0 spiro atoms. The molecule has 3 amide bonds. The third-order valence-electron chi connectivity index (χ3n) is 8.21. The van der Waals surface area contributed by atoms with Crippen LogP contribution >= 0.6 is 22.7 Å². The number of benzene rings is 2. The Morgan fingerprint density at radius 1 is 0.875 bits per heavy atom. The lowest BCUT2D eigenvalue weighted by Gasteiger charge is -2.29. The fourth-order valence-corrected chi connectivity index (χ4v) is 6.68. The molecule has 0 saturated carbocycles. The molecule has 3 atom stereocenters. The highest BCUT2D eigenvalue weighted by atomic mass is 32.1. The predicted octanol–water partition coefficient (Wildman–Crippen LogP) is 7.41. The van der Waals surface area contributed by atoms with Crippen LogP contribution in [-0.2, 0) is 30.7 Å². The number of thiazole rings is 2. The van der Waals surface area contributed by atoms with E-state index >= 15 is 0 Å². The number of nitrogens with zero attached hydrogens (tertiary/aromatic N) is 3. The lowest BCUT2D eigenvalue weighted by Crippen LogP contribution is -2.51. The number of hydrogen-bond acceptors (Lipinski definition) is 8. The van der Waals surface area contributed by atoms with Gasteiger partial charge in [0.15, 0.2) is 0 Å². The molecule has 3 N–H and O–H groups in total. The topological polar surface area (TPSA) is 108 Å². The van der Waals surface area contributed by atoms with E-state index in [0.717, 1.165) is 40.4 Å². The van der Waals surface area contributed by atoms with Crippen molar-refractivity contribution in [3.05, 3.63) is 104 Å². The minimum atomic E-state index is -0.429. The first-order valence-electron chi connectivity index (χ1n) is 16.7. The van der Waals surface area contributed by atoms with Crippen LogP contribution in [0.2, 0.25) is 0 Å². The van der Waals surface area contributed by atoms with Gasteiger partial charge in [-0.1, -0.05) is 88.4 Å². The normalized spacial score (nSPS) is 13.2. The molecule has 2 heterocycles. The monoisotopic (exact) mass is 690 g/mol. The first-order chi connectivity index (χ1) is 23.2. The summed E-state index contributed by atoms with van der Waals surface area (Å²) in [5.41, 5.74) is 5.03. The van der Waals surface area contributed by atoms with E-state index in [1.54, 1.807) is 27.9 Å². The van der Waals surface area contributed by atoms with Crippen molar-refractivity contribution in [1.29, 1.82) is 0 Å². The Hall–Kier alpha value is -3.80. The predicted molar refractivity (Wildman–Crippen MR) is 195 cm³/mol. The highest BCUT2D eigenvalue weighted by Gasteiger charge is 2.23. The number of nitrogens with one attached hydrogen (secondary N) is 3. The van der Waals surface area contributed by atoms with Crippen LogP contribution in [0.3, 0.4) is 0 Å². The van der Waals surface area contributed by atoms with Crippen molar-refractivity contribution < 1.29 is 14.3 Å². The van der Waals surface area contributed by atoms with Crippen molar-refractivity contribution in [1.82, 2.24) is 30.8 Å². The number of alkyl carbamates (subject to hydrolysis) is 1. The van der Waals surface area contributed by atoms with Crippen molar-refractivity contribution in [3.8, 4) is 0 Å². The van der Waals surface area contributed by atoms with E-state index in [-0.39, 0.29) is 36.7 Å². The summed E-state index contributed by atoms with van der Waals surface area (Å²) in [5.74, 6) is 0.593. The molecular formula is C37H50N6O3S2. The maximum atomic E-state index is 13.3. The van der Waals surface area contributed by atoms with Gasteiger partial charge in [-0.2, -0.15) is 0 Å². The Morgan fingerprint density at radius 2 is 1.52 bits per heavy atom. The van der Waals surface area contributed by atoms with E-state index in [1.165, 1.54) is 16.9 Å². The zero-order chi connectivity index (χ0) is 34.3. The molecule has 0 aliphatic rings. The Morgan fingerprint density at radius 3 is 2.10 bits per heavy atom. The molecule has 258 valence electrons. The van der Waals surface area contributed by atoms with Crippen molar-refractivity contribution in [3.63, 3.8) is 0 Å². The van der Waals surface area contributed by atoms with E-state index in [2.05, 4.69) is 85.0 Å². The van der Waals surface area contributed by atoms with Gasteiger partial charge in [-0.3, -0.25) is 4.98 Å². The molecule has 0 saturated heterocycles. The summed E-state index contributed by atoms with van der Waals surface area (Å²) in [5, 5.41) is 13.3. The lowest BCUT2D eigenvalue weighted by molar-refractivity contribution is 0.135. The lowest BCUT2D eigenvalue weighted by atomic mass is 9.95. The largest absolute Gasteiger partial charge is 0.444 e. The second-order valence-corrected chi connectivity index (χ2v) is 14.8. The molecule has 0 radical (unpaired) electrons. The summed E-state index contributed by atoms with van der Waals surface area (Å²) >= 11 is 3.10. The van der Waals surface area contributed by atoms with Crippen molar-refractivity contribution in [2.75, 3.05) is 13.6 Å². The fourth-order valence-electron chi connectivity index (χ4n) is 5.35. The van der Waals surface area contributed by atoms with Gasteiger partial charge < -0.3 is 25.6 Å². The van der Waals surface area contributed by atoms with Crippen LogP contribution in [0.15, 0.2) is 77.8 Å². The van der Waals surface area contributed by atoms with Crippen molar-refractivity contribution >= 4 is 34.8 Å². The van der Waals surface area contributed by atoms with Gasteiger partial charge in [-0.05, 0) is 42.7 Å². The molecule has 11 heteroatoms. The van der Waals surface area contributed by atoms with Crippen LogP contribution in [0.25, 0.3) is 0 Å². The Bertz CT molecular complexity index is 1500. The molecule has 0 aliphatic heterocycles. The number of hydrogen-bond donors (Lipinski definition) is 3. The molecule has 2 aromatic heterocycles. The quantitative estimate of drug-likeness (QED) is 0.100. The smallest absolute Gasteiger partial charge is 0.407 e. The third-order valence-corrected chi connectivity index (χ3v) is 10.2. The van der Waals surface area contributed by atoms with E-state index in [0.29, 0.717) is 25.4 Å². The standard InChI is InChI=1S/C37H50N6O3S2/c1-26(2)34(42-36(44)43(5)22-32-24-47-35(40-32)27(3)4)21-39-30(18-28-12-8-6-9-13-28)16-17-31(19-29-14-10-7-11-15-29)41-37(45)46-23-33-20-38-25-48-33/h6-15,20,24-27,30-31,34,39H,16-19,21-23H2,1-5H3,(H,41,45)(H,42,44)/t30-,31-,34-/m1/s1. The molecule has 0 fully saturated rings. The van der Waals surface area contributed by atoms with E-state index in [9.17, 15) is 9.59 Å². The van der Waals surface area contributed by atoms with Crippen molar-refractivity contribution in [2.45, 2.75) is 90.6 Å². The summed E-state index contributed by atoms with van der Waals surface area (Å²) in [4.78, 5) is 37.5. The molecule has 9 nitrogen and oxygen atoms in total. The summed E-state index contributed by atoms with van der Waals surface area (Å²) in [6.45, 7) is 9.81. The second-order valence-electron chi connectivity index (χ2n) is 12.9. The highest BCUT2D eigenvalue weighted by Crippen LogP contribution is 2.20. The minimum absolute atomic E-state index is 0.0696. The number of ether oxygens (including phenoxy) is 1. The van der Waals surface area contributed by atoms with E-state index < -0.39 is 6.09 Å². The average Bonchev–Trinajstić information content (AvgIpc) is 3.78. The Kier molecular flexibility index (Phi) is 14.9. The summed E-state index contributed by atoms with van der Waals surface area (Å²) in [6, 6.07) is 20.5. The van der Waals surface area contributed by atoms with Gasteiger partial charge >= 0.3 is 12.1 Å². The summed E-state index contributed by atoms with van der Waals surface area (Å²) in [7, 11) is 1.81. The zero-order valence-corrected chi connectivity index (χ0v) is 30.4. The van der Waals surface area contributed by atoms with Gasteiger partial charge in [-0.15, -0.1) is 22.7 Å². The fraction of sp³-hybridized carbons (Fsp3) is 0.459. The van der Waals surface area contributed by atoms with Crippen LogP contribution in [0.1, 0.15) is 73.2 Å². The van der Waals surface area contributed by atoms with Crippen LogP contribution in [0.5, 0.6) is 0 Å². The van der Waals surface area contributed by atoms with Crippen LogP contribution in [0, 0.1) is 5.92 Å². The van der Waals surface area contributed by atoms with Gasteiger partial charge in [0.2, 0.25) is 0 Å². The number of urea groups is 1. The van der Waals surface area contributed by atoms with Crippen LogP contribution in [-0.4, -0.2) is 58.7 Å². The Balaban J connectivity index is 1.38. The maximum absolute atomic E-state index is 13.3. The number of carbonyl (C=O) groups is 2. The molecule has 48 heavy (non-hydrogen) atoms. The maximum Gasteiger partial charge on any atom is 0.407 e. The SMILES string of the molecule is CC(C)c1nc(CN(C)C(=O)N[C@H](CN[C@H](CC[C@H](Cc2ccccc2)NC(=O)OCc2cncs2)Cc2ccccc2)C(C)C)cs1. The average molecular weight is 691 g/mol. The highest BCUT2D eigenvalue weighted by molar-refractivity contribution is 7.09. The minimum Gasteiger partial charge on any atom is -0.444 e. The van der Waals surface area contributed by atoms with E-state index in [1.807, 2.05) is 36.7 Å².